The number of nitrogens with two attached hydrogens (primary N) is 1. The Morgan fingerprint density at radius 2 is 2.33 bits per heavy atom. The molecule has 1 aliphatic rings. The van der Waals surface area contributed by atoms with Crippen LogP contribution in [0.15, 0.2) is 6.20 Å². The van der Waals surface area contributed by atoms with Gasteiger partial charge in [-0.15, -0.1) is 0 Å². The Bertz CT molecular complexity index is 551. The molecule has 18 heavy (non-hydrogen) atoms. The first-order valence-corrected chi connectivity index (χ1v) is 8.69. The fourth-order valence-corrected chi connectivity index (χ4v) is 4.72. The maximum absolute atomic E-state index is 11.8. The van der Waals surface area contributed by atoms with Gasteiger partial charge in [-0.05, 0) is 11.6 Å². The SMILES string of the molecule is CS(=O)(=O)C1CSCCN1c1nc(Cl)ncc1N. The molecule has 0 aromatic carbocycles. The molecule has 0 saturated carbocycles. The monoisotopic (exact) mass is 308 g/mol. The van der Waals surface area contributed by atoms with Crippen molar-refractivity contribution in [3.8, 4) is 0 Å². The summed E-state index contributed by atoms with van der Waals surface area (Å²) in [6, 6.07) is 0. The molecule has 100 valence electrons. The van der Waals surface area contributed by atoms with Gasteiger partial charge in [0.15, 0.2) is 15.7 Å². The van der Waals surface area contributed by atoms with Gasteiger partial charge in [0, 0.05) is 24.3 Å². The quantitative estimate of drug-likeness (QED) is 0.802. The van der Waals surface area contributed by atoms with Crippen LogP contribution in [0.25, 0.3) is 0 Å². The molecular weight excluding hydrogens is 296 g/mol. The van der Waals surface area contributed by atoms with Gasteiger partial charge in [-0.3, -0.25) is 0 Å². The Morgan fingerprint density at radius 1 is 1.61 bits per heavy atom. The minimum absolute atomic E-state index is 0.0599. The first-order valence-electron chi connectivity index (χ1n) is 5.21. The molecule has 1 fully saturated rings. The van der Waals surface area contributed by atoms with Gasteiger partial charge in [-0.25, -0.2) is 13.4 Å². The fourth-order valence-electron chi connectivity index (χ4n) is 1.77. The molecule has 1 aromatic rings. The van der Waals surface area contributed by atoms with Crippen molar-refractivity contribution in [2.75, 3.05) is 34.9 Å². The molecule has 6 nitrogen and oxygen atoms in total. The van der Waals surface area contributed by atoms with Gasteiger partial charge in [0.2, 0.25) is 5.28 Å². The van der Waals surface area contributed by atoms with Crippen molar-refractivity contribution in [1.29, 1.82) is 0 Å². The van der Waals surface area contributed by atoms with Crippen LogP contribution >= 0.6 is 23.4 Å². The molecule has 0 radical (unpaired) electrons. The zero-order chi connectivity index (χ0) is 13.3. The van der Waals surface area contributed by atoms with Gasteiger partial charge < -0.3 is 10.6 Å². The van der Waals surface area contributed by atoms with E-state index >= 15 is 0 Å². The molecule has 0 aliphatic carbocycles. The van der Waals surface area contributed by atoms with Crippen LogP contribution in [0.1, 0.15) is 0 Å². The summed E-state index contributed by atoms with van der Waals surface area (Å²) in [5.74, 6) is 1.72. The minimum atomic E-state index is -3.21. The molecule has 2 heterocycles. The molecule has 0 amide bonds. The number of anilines is 2. The number of thioether (sulfide) groups is 1. The van der Waals surface area contributed by atoms with E-state index in [0.717, 1.165) is 5.75 Å². The molecule has 1 atom stereocenters. The highest BCUT2D eigenvalue weighted by Gasteiger charge is 2.33. The topological polar surface area (TPSA) is 89.2 Å². The molecule has 1 aliphatic heterocycles. The van der Waals surface area contributed by atoms with E-state index in [0.29, 0.717) is 23.8 Å². The van der Waals surface area contributed by atoms with E-state index in [1.54, 1.807) is 16.7 Å². The summed E-state index contributed by atoms with van der Waals surface area (Å²) in [6.45, 7) is 0.569. The summed E-state index contributed by atoms with van der Waals surface area (Å²) in [5, 5.41) is -0.561. The third kappa shape index (κ3) is 2.81. The third-order valence-corrected chi connectivity index (χ3v) is 5.44. The van der Waals surface area contributed by atoms with Gasteiger partial charge in [0.1, 0.15) is 5.37 Å². The van der Waals surface area contributed by atoms with Crippen LogP contribution in [0.5, 0.6) is 0 Å². The highest BCUT2D eigenvalue weighted by Crippen LogP contribution is 2.29. The first kappa shape index (κ1) is 13.7. The smallest absolute Gasteiger partial charge is 0.224 e. The van der Waals surface area contributed by atoms with Crippen LogP contribution in [-0.2, 0) is 9.84 Å². The summed E-state index contributed by atoms with van der Waals surface area (Å²) in [7, 11) is -3.21. The summed E-state index contributed by atoms with van der Waals surface area (Å²) in [5.41, 5.74) is 6.13. The van der Waals surface area contributed by atoms with E-state index in [1.165, 1.54) is 12.5 Å². The van der Waals surface area contributed by atoms with Crippen molar-refractivity contribution < 1.29 is 8.42 Å². The van der Waals surface area contributed by atoms with Gasteiger partial charge in [0.05, 0.1) is 11.9 Å². The van der Waals surface area contributed by atoms with E-state index in [1.807, 2.05) is 0 Å². The van der Waals surface area contributed by atoms with Crippen LogP contribution in [-0.4, -0.2) is 48.1 Å². The predicted molar refractivity (Wildman–Crippen MR) is 74.8 cm³/mol. The van der Waals surface area contributed by atoms with Crippen molar-refractivity contribution in [2.45, 2.75) is 5.37 Å². The highest BCUT2D eigenvalue weighted by atomic mass is 35.5. The highest BCUT2D eigenvalue weighted by molar-refractivity contribution is 8.01. The van der Waals surface area contributed by atoms with E-state index in [9.17, 15) is 8.42 Å². The van der Waals surface area contributed by atoms with Crippen LogP contribution in [0.4, 0.5) is 11.5 Å². The summed E-state index contributed by atoms with van der Waals surface area (Å²) >= 11 is 7.34. The standard InChI is InChI=1S/C9H13ClN4O2S2/c1-18(15,16)7-5-17-3-2-14(7)8-6(11)4-12-9(10)13-8/h4,7H,2-3,5,11H2,1H3. The Kier molecular flexibility index (Phi) is 3.88. The number of sulfone groups is 1. The maximum atomic E-state index is 11.8. The Labute approximate surface area is 115 Å². The lowest BCUT2D eigenvalue weighted by atomic mass is 10.4. The van der Waals surface area contributed by atoms with Crippen LogP contribution in [0.3, 0.4) is 0 Å². The Balaban J connectivity index is 2.43. The largest absolute Gasteiger partial charge is 0.394 e. The Hall–Kier alpha value is -0.730. The van der Waals surface area contributed by atoms with E-state index in [2.05, 4.69) is 9.97 Å². The molecule has 1 saturated heterocycles. The zero-order valence-electron chi connectivity index (χ0n) is 9.71. The van der Waals surface area contributed by atoms with Gasteiger partial charge >= 0.3 is 0 Å². The first-order chi connectivity index (χ1) is 8.39. The number of nitrogens with zero attached hydrogens (tertiary/aromatic N) is 3. The number of aromatic nitrogens is 2. The third-order valence-electron chi connectivity index (χ3n) is 2.62. The maximum Gasteiger partial charge on any atom is 0.224 e. The normalized spacial score (nSPS) is 21.0. The second-order valence-electron chi connectivity index (χ2n) is 3.97. The number of hydrogen-bond acceptors (Lipinski definition) is 7. The van der Waals surface area contributed by atoms with Gasteiger partial charge in [-0.2, -0.15) is 16.7 Å². The second kappa shape index (κ2) is 5.10. The van der Waals surface area contributed by atoms with Crippen molar-refractivity contribution in [2.24, 2.45) is 0 Å². The van der Waals surface area contributed by atoms with Gasteiger partial charge in [0.25, 0.3) is 0 Å². The molecule has 0 spiro atoms. The van der Waals surface area contributed by atoms with Crippen molar-refractivity contribution in [1.82, 2.24) is 9.97 Å². The Morgan fingerprint density at radius 3 is 3.00 bits per heavy atom. The summed E-state index contributed by atoms with van der Waals surface area (Å²) in [6.07, 6.45) is 2.61. The zero-order valence-corrected chi connectivity index (χ0v) is 12.1. The molecule has 9 heteroatoms. The molecule has 2 rings (SSSR count). The van der Waals surface area contributed by atoms with E-state index in [4.69, 9.17) is 17.3 Å². The predicted octanol–water partition coefficient (Wildman–Crippen LogP) is 0.636. The average Bonchev–Trinajstić information content (AvgIpc) is 2.31. The molecule has 0 bridgehead atoms. The van der Waals surface area contributed by atoms with Crippen LogP contribution in [0, 0.1) is 0 Å². The lowest BCUT2D eigenvalue weighted by Gasteiger charge is -2.35. The van der Waals surface area contributed by atoms with Crippen LogP contribution in [0.2, 0.25) is 5.28 Å². The molecule has 1 unspecified atom stereocenters. The fraction of sp³-hybridized carbons (Fsp3) is 0.556. The lowest BCUT2D eigenvalue weighted by molar-refractivity contribution is 0.583. The number of halogens is 1. The summed E-state index contributed by atoms with van der Waals surface area (Å²) in [4.78, 5) is 9.50. The van der Waals surface area contributed by atoms with Crippen molar-refractivity contribution >= 4 is 44.7 Å². The molecule has 2 N–H and O–H groups in total. The second-order valence-corrected chi connectivity index (χ2v) is 7.66. The number of hydrogen-bond donors (Lipinski definition) is 1. The van der Waals surface area contributed by atoms with Crippen molar-refractivity contribution in [3.63, 3.8) is 0 Å². The molecular formula is C9H13ClN4O2S2. The number of nitrogen functional groups attached to an aromatic ring is 1. The average molecular weight is 309 g/mol. The number of rotatable bonds is 2. The molecule has 1 aromatic heterocycles. The van der Waals surface area contributed by atoms with Crippen molar-refractivity contribution in [3.05, 3.63) is 11.5 Å². The van der Waals surface area contributed by atoms with E-state index < -0.39 is 15.2 Å². The minimum Gasteiger partial charge on any atom is -0.394 e. The lowest BCUT2D eigenvalue weighted by Crippen LogP contribution is -2.47. The van der Waals surface area contributed by atoms with E-state index in [-0.39, 0.29) is 5.28 Å². The van der Waals surface area contributed by atoms with Crippen LogP contribution < -0.4 is 10.6 Å². The van der Waals surface area contributed by atoms with Gasteiger partial charge in [-0.1, -0.05) is 0 Å². The summed E-state index contributed by atoms with van der Waals surface area (Å²) < 4.78 is 23.6.